The summed E-state index contributed by atoms with van der Waals surface area (Å²) in [6.07, 6.45) is 0. The van der Waals surface area contributed by atoms with Crippen molar-refractivity contribution in [3.63, 3.8) is 0 Å². The Morgan fingerprint density at radius 1 is 1.05 bits per heavy atom. The second-order valence-electron chi connectivity index (χ2n) is 4.40. The lowest BCUT2D eigenvalue weighted by atomic mass is 10.2. The number of aromatic hydroxyl groups is 2. The van der Waals surface area contributed by atoms with Crippen LogP contribution in [0.5, 0.6) is 23.3 Å². The zero-order valence-electron chi connectivity index (χ0n) is 11.5. The quantitative estimate of drug-likeness (QED) is 0.770. The van der Waals surface area contributed by atoms with Gasteiger partial charge < -0.3 is 24.1 Å². The highest BCUT2D eigenvalue weighted by atomic mass is 16.5. The van der Waals surface area contributed by atoms with E-state index in [1.165, 1.54) is 26.4 Å². The van der Waals surface area contributed by atoms with E-state index in [-0.39, 0.29) is 11.5 Å². The van der Waals surface area contributed by atoms with E-state index in [0.29, 0.717) is 34.1 Å². The number of methoxy groups -OCH3 is 2. The lowest BCUT2D eigenvalue weighted by Gasteiger charge is -2.06. The average molecular weight is 287 g/mol. The molecule has 0 fully saturated rings. The van der Waals surface area contributed by atoms with Crippen LogP contribution in [0.2, 0.25) is 0 Å². The first-order valence-electron chi connectivity index (χ1n) is 6.17. The van der Waals surface area contributed by atoms with Crippen molar-refractivity contribution in [1.82, 2.24) is 4.98 Å². The molecule has 0 aliphatic heterocycles. The molecular formula is C15H13NO5. The van der Waals surface area contributed by atoms with E-state index in [0.717, 1.165) is 0 Å². The van der Waals surface area contributed by atoms with E-state index < -0.39 is 0 Å². The zero-order valence-corrected chi connectivity index (χ0v) is 11.5. The number of aromatic nitrogens is 1. The normalized spacial score (nSPS) is 10.8. The van der Waals surface area contributed by atoms with Crippen LogP contribution in [0.15, 0.2) is 34.7 Å². The topological polar surface area (TPSA) is 85.0 Å². The fourth-order valence-corrected chi connectivity index (χ4v) is 2.12. The van der Waals surface area contributed by atoms with Crippen LogP contribution in [0.4, 0.5) is 0 Å². The summed E-state index contributed by atoms with van der Waals surface area (Å²) in [5.74, 6) is 1.11. The van der Waals surface area contributed by atoms with Crippen molar-refractivity contribution in [3.05, 3.63) is 30.3 Å². The third-order valence-corrected chi connectivity index (χ3v) is 3.10. The summed E-state index contributed by atoms with van der Waals surface area (Å²) in [5, 5.41) is 19.8. The van der Waals surface area contributed by atoms with Crippen LogP contribution in [-0.4, -0.2) is 29.4 Å². The molecule has 0 saturated carbocycles. The van der Waals surface area contributed by atoms with Gasteiger partial charge in [0.25, 0.3) is 0 Å². The largest absolute Gasteiger partial charge is 0.508 e. The molecule has 108 valence electrons. The molecule has 0 bridgehead atoms. The number of hydrogen-bond donors (Lipinski definition) is 2. The van der Waals surface area contributed by atoms with Crippen molar-refractivity contribution < 1.29 is 24.1 Å². The van der Waals surface area contributed by atoms with Crippen LogP contribution in [0, 0.1) is 0 Å². The number of nitrogens with zero attached hydrogens (tertiary/aromatic N) is 1. The summed E-state index contributed by atoms with van der Waals surface area (Å²) in [6, 6.07) is 7.78. The van der Waals surface area contributed by atoms with Gasteiger partial charge in [-0.1, -0.05) is 0 Å². The maximum Gasteiger partial charge on any atom is 0.227 e. The predicted molar refractivity (Wildman–Crippen MR) is 75.9 cm³/mol. The molecule has 3 aromatic rings. The number of furan rings is 1. The minimum Gasteiger partial charge on any atom is -0.508 e. The van der Waals surface area contributed by atoms with Crippen molar-refractivity contribution >= 4 is 11.0 Å². The fourth-order valence-electron chi connectivity index (χ4n) is 2.12. The molecule has 1 aromatic carbocycles. The summed E-state index contributed by atoms with van der Waals surface area (Å²) >= 11 is 0. The molecule has 0 aliphatic carbocycles. The first kappa shape index (κ1) is 13.1. The van der Waals surface area contributed by atoms with E-state index in [1.54, 1.807) is 18.2 Å². The van der Waals surface area contributed by atoms with Crippen molar-refractivity contribution in [2.24, 2.45) is 0 Å². The van der Waals surface area contributed by atoms with Crippen molar-refractivity contribution in [3.8, 4) is 34.6 Å². The van der Waals surface area contributed by atoms with Crippen LogP contribution in [-0.2, 0) is 0 Å². The zero-order chi connectivity index (χ0) is 15.0. The van der Waals surface area contributed by atoms with Gasteiger partial charge in [0.1, 0.15) is 22.8 Å². The van der Waals surface area contributed by atoms with Gasteiger partial charge in [0.15, 0.2) is 0 Å². The van der Waals surface area contributed by atoms with Crippen LogP contribution in [0.3, 0.4) is 0 Å². The molecule has 0 unspecified atom stereocenters. The number of fused-ring (bicyclic) bond motifs is 1. The van der Waals surface area contributed by atoms with Crippen LogP contribution < -0.4 is 9.47 Å². The Hall–Kier alpha value is -2.89. The van der Waals surface area contributed by atoms with Gasteiger partial charge in [-0.2, -0.15) is 4.98 Å². The van der Waals surface area contributed by atoms with E-state index in [2.05, 4.69) is 4.98 Å². The second-order valence-corrected chi connectivity index (χ2v) is 4.40. The Balaban J connectivity index is 2.18. The second kappa shape index (κ2) is 4.90. The lowest BCUT2D eigenvalue weighted by molar-refractivity contribution is 0.365. The van der Waals surface area contributed by atoms with E-state index in [1.807, 2.05) is 0 Å². The Morgan fingerprint density at radius 2 is 1.86 bits per heavy atom. The third-order valence-electron chi connectivity index (χ3n) is 3.10. The Kier molecular flexibility index (Phi) is 3.06. The molecule has 6 nitrogen and oxygen atoms in total. The van der Waals surface area contributed by atoms with Gasteiger partial charge in [-0.3, -0.25) is 0 Å². The van der Waals surface area contributed by atoms with Crippen molar-refractivity contribution in [1.29, 1.82) is 0 Å². The van der Waals surface area contributed by atoms with Crippen molar-refractivity contribution in [2.45, 2.75) is 0 Å². The molecule has 0 aliphatic rings. The lowest BCUT2D eigenvalue weighted by Crippen LogP contribution is -1.94. The smallest absolute Gasteiger partial charge is 0.227 e. The fraction of sp³-hybridized carbons (Fsp3) is 0.133. The number of benzene rings is 1. The number of rotatable bonds is 3. The minimum atomic E-state index is -0.0688. The van der Waals surface area contributed by atoms with Crippen LogP contribution in [0.1, 0.15) is 0 Å². The van der Waals surface area contributed by atoms with Gasteiger partial charge in [0, 0.05) is 18.2 Å². The molecule has 0 amide bonds. The summed E-state index contributed by atoms with van der Waals surface area (Å²) in [5.41, 5.74) is 0.994. The van der Waals surface area contributed by atoms with Crippen LogP contribution in [0.25, 0.3) is 22.3 Å². The predicted octanol–water partition coefficient (Wildman–Crippen LogP) is 2.92. The summed E-state index contributed by atoms with van der Waals surface area (Å²) in [7, 11) is 3.01. The van der Waals surface area contributed by atoms with Crippen LogP contribution >= 0.6 is 0 Å². The standard InChI is InChI=1S/C15H13NO5/c1-19-14-4-3-9(15(16-14)20-2)13-7-10-11(18)5-8(17)6-12(10)21-13/h3-7,17-18H,1-2H3. The molecular weight excluding hydrogens is 274 g/mol. The molecule has 2 N–H and O–H groups in total. The van der Waals surface area contributed by atoms with E-state index in [4.69, 9.17) is 13.9 Å². The highest BCUT2D eigenvalue weighted by Gasteiger charge is 2.16. The number of phenolic OH excluding ortho intramolecular Hbond substituents is 2. The molecule has 0 saturated heterocycles. The van der Waals surface area contributed by atoms with Gasteiger partial charge in [-0.25, -0.2) is 0 Å². The maximum absolute atomic E-state index is 9.83. The number of ether oxygens (including phenoxy) is 2. The third kappa shape index (κ3) is 2.20. The van der Waals surface area contributed by atoms with Gasteiger partial charge >= 0.3 is 0 Å². The number of phenols is 2. The number of pyridine rings is 1. The Morgan fingerprint density at radius 3 is 2.57 bits per heavy atom. The number of hydrogen-bond acceptors (Lipinski definition) is 6. The molecule has 0 radical (unpaired) electrons. The highest BCUT2D eigenvalue weighted by molar-refractivity contribution is 5.89. The van der Waals surface area contributed by atoms with Gasteiger partial charge in [-0.15, -0.1) is 0 Å². The molecule has 3 rings (SSSR count). The van der Waals surface area contributed by atoms with Crippen molar-refractivity contribution in [2.75, 3.05) is 14.2 Å². The Bertz CT molecular complexity index is 809. The van der Waals surface area contributed by atoms with E-state index >= 15 is 0 Å². The maximum atomic E-state index is 9.83. The molecule has 2 heterocycles. The molecule has 2 aromatic heterocycles. The minimum absolute atomic E-state index is 0.0552. The summed E-state index contributed by atoms with van der Waals surface area (Å²) < 4.78 is 15.9. The van der Waals surface area contributed by atoms with E-state index in [9.17, 15) is 10.2 Å². The summed E-state index contributed by atoms with van der Waals surface area (Å²) in [6.45, 7) is 0. The monoisotopic (exact) mass is 287 g/mol. The summed E-state index contributed by atoms with van der Waals surface area (Å²) in [4.78, 5) is 4.18. The van der Waals surface area contributed by atoms with Gasteiger partial charge in [0.05, 0.1) is 25.2 Å². The van der Waals surface area contributed by atoms with Gasteiger partial charge in [0.2, 0.25) is 11.8 Å². The molecule has 21 heavy (non-hydrogen) atoms. The Labute approximate surface area is 120 Å². The highest BCUT2D eigenvalue weighted by Crippen LogP contribution is 2.38. The first-order valence-corrected chi connectivity index (χ1v) is 6.17. The average Bonchev–Trinajstić information content (AvgIpc) is 2.90. The molecule has 0 atom stereocenters. The SMILES string of the molecule is COc1ccc(-c2cc3c(O)cc(O)cc3o2)c(OC)n1. The first-order chi connectivity index (χ1) is 10.1. The molecule has 6 heteroatoms. The van der Waals surface area contributed by atoms with Gasteiger partial charge in [-0.05, 0) is 12.1 Å². The molecule has 0 spiro atoms.